The Bertz CT molecular complexity index is 441. The molecule has 0 saturated heterocycles. The van der Waals surface area contributed by atoms with Crippen LogP contribution in [-0.2, 0) is 0 Å². The van der Waals surface area contributed by atoms with Gasteiger partial charge in [-0.3, -0.25) is 4.79 Å². The van der Waals surface area contributed by atoms with Crippen molar-refractivity contribution in [3.05, 3.63) is 32.4 Å². The predicted octanol–water partition coefficient (Wildman–Crippen LogP) is 3.26. The molecule has 0 saturated carbocycles. The van der Waals surface area contributed by atoms with Gasteiger partial charge in [0.25, 0.3) is 5.91 Å². The topological polar surface area (TPSA) is 32.3 Å². The van der Waals surface area contributed by atoms with Crippen LogP contribution in [0.5, 0.6) is 0 Å². The van der Waals surface area contributed by atoms with Crippen LogP contribution in [-0.4, -0.2) is 37.5 Å². The summed E-state index contributed by atoms with van der Waals surface area (Å²) < 4.78 is 0.948. The van der Waals surface area contributed by atoms with Crippen molar-refractivity contribution in [3.63, 3.8) is 0 Å². The maximum atomic E-state index is 12.1. The molecular weight excluding hydrogens is 375 g/mol. The molecule has 0 radical (unpaired) electrons. The Kier molecular flexibility index (Phi) is 6.56. The Morgan fingerprint density at radius 3 is 2.53 bits per heavy atom. The maximum Gasteiger partial charge on any atom is 0.251 e. The van der Waals surface area contributed by atoms with Gasteiger partial charge in [-0.15, -0.1) is 0 Å². The molecule has 0 heterocycles. The van der Waals surface area contributed by atoms with Crippen molar-refractivity contribution >= 4 is 40.1 Å². The number of carbonyl (C=O) groups is 1. The van der Waals surface area contributed by atoms with E-state index in [9.17, 15) is 4.79 Å². The molecule has 1 N–H and O–H groups in total. The number of rotatable bonds is 5. The van der Waals surface area contributed by atoms with E-state index in [-0.39, 0.29) is 5.91 Å². The molecule has 0 spiro atoms. The zero-order valence-corrected chi connectivity index (χ0v) is 14.6. The fourth-order valence-corrected chi connectivity index (χ4v) is 2.47. The Hall–Kier alpha value is -0.330. The maximum absolute atomic E-state index is 12.1. The molecule has 1 atom stereocenters. The minimum Gasteiger partial charge on any atom is -0.350 e. The van der Waals surface area contributed by atoms with Gasteiger partial charge in [-0.2, -0.15) is 0 Å². The van der Waals surface area contributed by atoms with E-state index in [1.54, 1.807) is 12.1 Å². The normalized spacial score (nSPS) is 12.8. The van der Waals surface area contributed by atoms with Crippen LogP contribution in [0.25, 0.3) is 0 Å². The summed E-state index contributed by atoms with van der Waals surface area (Å²) in [5, 5.41) is 3.58. The van der Waals surface area contributed by atoms with Crippen LogP contribution >= 0.6 is 34.2 Å². The first-order valence-electron chi connectivity index (χ1n) is 6.22. The smallest absolute Gasteiger partial charge is 0.251 e. The molecule has 1 unspecified atom stereocenters. The largest absolute Gasteiger partial charge is 0.350 e. The molecule has 1 amide bonds. The van der Waals surface area contributed by atoms with Gasteiger partial charge in [0.1, 0.15) is 0 Å². The first-order chi connectivity index (χ1) is 8.82. The molecule has 19 heavy (non-hydrogen) atoms. The van der Waals surface area contributed by atoms with Gasteiger partial charge in [0, 0.05) is 21.7 Å². The van der Waals surface area contributed by atoms with E-state index >= 15 is 0 Å². The number of benzene rings is 1. The Morgan fingerprint density at radius 2 is 2.05 bits per heavy atom. The van der Waals surface area contributed by atoms with Gasteiger partial charge in [-0.05, 0) is 60.8 Å². The van der Waals surface area contributed by atoms with E-state index in [2.05, 4.69) is 46.7 Å². The van der Waals surface area contributed by atoms with Gasteiger partial charge in [-0.25, -0.2) is 0 Å². The average molecular weight is 395 g/mol. The number of hydrogen-bond acceptors (Lipinski definition) is 2. The van der Waals surface area contributed by atoms with E-state index < -0.39 is 0 Å². The Labute approximate surface area is 133 Å². The lowest BCUT2D eigenvalue weighted by atomic mass is 10.0. The lowest BCUT2D eigenvalue weighted by molar-refractivity contribution is 0.0934. The van der Waals surface area contributed by atoms with E-state index in [0.717, 1.165) is 3.57 Å². The molecule has 1 aromatic carbocycles. The Balaban J connectivity index is 2.66. The molecule has 0 bridgehead atoms. The molecule has 3 nitrogen and oxygen atoms in total. The van der Waals surface area contributed by atoms with Gasteiger partial charge in [-0.1, -0.05) is 25.4 Å². The first kappa shape index (κ1) is 16.7. The number of amides is 1. The number of likely N-dealkylation sites (N-methyl/N-ethyl adjacent to an activating group) is 1. The minimum absolute atomic E-state index is 0.0780. The van der Waals surface area contributed by atoms with Crippen LogP contribution in [0, 0.1) is 9.49 Å². The SMILES string of the molecule is CC(C)C(CNC(=O)c1ccc(I)c(Cl)c1)N(C)C. The zero-order chi connectivity index (χ0) is 14.6. The number of halogens is 2. The van der Waals surface area contributed by atoms with Gasteiger partial charge < -0.3 is 10.2 Å². The third-order valence-corrected chi connectivity index (χ3v) is 4.66. The number of hydrogen-bond donors (Lipinski definition) is 1. The standard InChI is InChI=1S/C14H20ClIN2O/c1-9(2)13(18(3)4)8-17-14(19)10-5-6-12(16)11(15)7-10/h5-7,9,13H,8H2,1-4H3,(H,17,19). The van der Waals surface area contributed by atoms with E-state index in [1.165, 1.54) is 0 Å². The van der Waals surface area contributed by atoms with Gasteiger partial charge in [0.05, 0.1) is 5.02 Å². The first-order valence-corrected chi connectivity index (χ1v) is 7.68. The fourth-order valence-electron chi connectivity index (χ4n) is 1.95. The minimum atomic E-state index is -0.0780. The highest BCUT2D eigenvalue weighted by atomic mass is 127. The van der Waals surface area contributed by atoms with E-state index in [0.29, 0.717) is 29.1 Å². The second-order valence-corrected chi connectivity index (χ2v) is 6.68. The third kappa shape index (κ3) is 4.93. The van der Waals surface area contributed by atoms with Crippen LogP contribution in [0.2, 0.25) is 5.02 Å². The number of nitrogens with one attached hydrogen (secondary N) is 1. The lowest BCUT2D eigenvalue weighted by Crippen LogP contribution is -2.43. The molecule has 5 heteroatoms. The summed E-state index contributed by atoms with van der Waals surface area (Å²) in [5.41, 5.74) is 0.603. The third-order valence-electron chi connectivity index (χ3n) is 3.09. The van der Waals surface area contributed by atoms with E-state index in [1.807, 2.05) is 20.2 Å². The van der Waals surface area contributed by atoms with Crippen molar-refractivity contribution in [3.8, 4) is 0 Å². The summed E-state index contributed by atoms with van der Waals surface area (Å²) in [5.74, 6) is 0.404. The molecule has 106 valence electrons. The van der Waals surface area contributed by atoms with Crippen molar-refractivity contribution in [1.29, 1.82) is 0 Å². The van der Waals surface area contributed by atoms with Crippen LogP contribution < -0.4 is 5.32 Å². The van der Waals surface area contributed by atoms with Crippen molar-refractivity contribution in [2.45, 2.75) is 19.9 Å². The molecule has 0 aliphatic heterocycles. The van der Waals surface area contributed by atoms with Crippen molar-refractivity contribution < 1.29 is 4.79 Å². The number of nitrogens with zero attached hydrogens (tertiary/aromatic N) is 1. The van der Waals surface area contributed by atoms with Crippen LogP contribution in [0.3, 0.4) is 0 Å². The van der Waals surface area contributed by atoms with Crippen LogP contribution in [0.15, 0.2) is 18.2 Å². The van der Waals surface area contributed by atoms with Gasteiger partial charge in [0.15, 0.2) is 0 Å². The van der Waals surface area contributed by atoms with E-state index in [4.69, 9.17) is 11.6 Å². The predicted molar refractivity (Wildman–Crippen MR) is 88.8 cm³/mol. The summed E-state index contributed by atoms with van der Waals surface area (Å²) >= 11 is 8.17. The second-order valence-electron chi connectivity index (χ2n) is 5.11. The highest BCUT2D eigenvalue weighted by Crippen LogP contribution is 2.19. The van der Waals surface area contributed by atoms with Gasteiger partial charge >= 0.3 is 0 Å². The average Bonchev–Trinajstić information content (AvgIpc) is 2.31. The molecule has 0 aromatic heterocycles. The zero-order valence-electron chi connectivity index (χ0n) is 11.7. The van der Waals surface area contributed by atoms with Crippen molar-refractivity contribution in [2.24, 2.45) is 5.92 Å². The lowest BCUT2D eigenvalue weighted by Gasteiger charge is -2.28. The molecule has 1 aromatic rings. The fraction of sp³-hybridized carbons (Fsp3) is 0.500. The molecule has 1 rings (SSSR count). The summed E-state index contributed by atoms with van der Waals surface area (Å²) in [4.78, 5) is 14.2. The van der Waals surface area contributed by atoms with Crippen LogP contribution in [0.4, 0.5) is 0 Å². The van der Waals surface area contributed by atoms with Crippen LogP contribution in [0.1, 0.15) is 24.2 Å². The molecular formula is C14H20ClIN2O. The monoisotopic (exact) mass is 394 g/mol. The second kappa shape index (κ2) is 7.45. The summed E-state index contributed by atoms with van der Waals surface area (Å²) in [6.45, 7) is 4.93. The number of carbonyl (C=O) groups excluding carboxylic acids is 1. The highest BCUT2D eigenvalue weighted by Gasteiger charge is 2.17. The molecule has 0 aliphatic rings. The Morgan fingerprint density at radius 1 is 1.42 bits per heavy atom. The highest BCUT2D eigenvalue weighted by molar-refractivity contribution is 14.1. The summed E-state index contributed by atoms with van der Waals surface area (Å²) in [6, 6.07) is 5.68. The molecule has 0 aliphatic carbocycles. The van der Waals surface area contributed by atoms with Crippen molar-refractivity contribution in [1.82, 2.24) is 10.2 Å². The summed E-state index contributed by atoms with van der Waals surface area (Å²) in [7, 11) is 4.05. The molecule has 0 fully saturated rings. The summed E-state index contributed by atoms with van der Waals surface area (Å²) in [6.07, 6.45) is 0. The van der Waals surface area contributed by atoms with Crippen molar-refractivity contribution in [2.75, 3.05) is 20.6 Å². The van der Waals surface area contributed by atoms with Gasteiger partial charge in [0.2, 0.25) is 0 Å². The quantitative estimate of drug-likeness (QED) is 0.778.